The first-order chi connectivity index (χ1) is 9.49. The molecule has 1 atom stereocenters. The van der Waals surface area contributed by atoms with E-state index in [1.165, 1.54) is 0 Å². The molecule has 6 nitrogen and oxygen atoms in total. The molecule has 0 aromatic carbocycles. The minimum Gasteiger partial charge on any atom is -0.481 e. The van der Waals surface area contributed by atoms with Crippen LogP contribution in [0.5, 0.6) is 0 Å². The predicted molar refractivity (Wildman–Crippen MR) is 77.7 cm³/mol. The highest BCUT2D eigenvalue weighted by molar-refractivity contribution is 5.74. The third-order valence-electron chi connectivity index (χ3n) is 3.63. The number of carboxylic acids is 1. The van der Waals surface area contributed by atoms with Crippen molar-refractivity contribution in [3.05, 3.63) is 0 Å². The zero-order chi connectivity index (χ0) is 15.0. The van der Waals surface area contributed by atoms with Gasteiger partial charge < -0.3 is 20.2 Å². The molecule has 0 aliphatic carbocycles. The smallest absolute Gasteiger partial charge is 0.317 e. The van der Waals surface area contributed by atoms with Gasteiger partial charge in [0.2, 0.25) is 0 Å². The lowest BCUT2D eigenvalue weighted by Gasteiger charge is -2.32. The molecule has 0 radical (unpaired) electrons. The van der Waals surface area contributed by atoms with Crippen LogP contribution in [0.4, 0.5) is 4.79 Å². The van der Waals surface area contributed by atoms with Crippen molar-refractivity contribution < 1.29 is 14.7 Å². The van der Waals surface area contributed by atoms with E-state index >= 15 is 0 Å². The lowest BCUT2D eigenvalue weighted by molar-refractivity contribution is -0.137. The largest absolute Gasteiger partial charge is 0.481 e. The number of nitrogens with zero attached hydrogens (tertiary/aromatic N) is 2. The summed E-state index contributed by atoms with van der Waals surface area (Å²) in [5.41, 5.74) is 0. The lowest BCUT2D eigenvalue weighted by Crippen LogP contribution is -2.46. The summed E-state index contributed by atoms with van der Waals surface area (Å²) in [4.78, 5) is 26.5. The number of urea groups is 1. The van der Waals surface area contributed by atoms with Crippen LogP contribution in [0.15, 0.2) is 0 Å². The SMILES string of the molecule is CN(C)CCCNC(=O)N1CCCC(CCC(=O)O)C1. The molecule has 116 valence electrons. The molecule has 1 saturated heterocycles. The lowest BCUT2D eigenvalue weighted by atomic mass is 9.93. The third-order valence-corrected chi connectivity index (χ3v) is 3.63. The summed E-state index contributed by atoms with van der Waals surface area (Å²) in [5.74, 6) is -0.428. The Bertz CT molecular complexity index is 321. The van der Waals surface area contributed by atoms with E-state index in [0.29, 0.717) is 25.4 Å². The second kappa shape index (κ2) is 8.79. The Labute approximate surface area is 121 Å². The van der Waals surface area contributed by atoms with Gasteiger partial charge in [-0.3, -0.25) is 4.79 Å². The molecular weight excluding hydrogens is 258 g/mol. The van der Waals surface area contributed by atoms with Crippen LogP contribution in [0.3, 0.4) is 0 Å². The van der Waals surface area contributed by atoms with Crippen molar-refractivity contribution >= 4 is 12.0 Å². The van der Waals surface area contributed by atoms with E-state index in [9.17, 15) is 9.59 Å². The van der Waals surface area contributed by atoms with Gasteiger partial charge in [0.15, 0.2) is 0 Å². The maximum absolute atomic E-state index is 12.0. The Morgan fingerprint density at radius 3 is 2.80 bits per heavy atom. The molecule has 0 aromatic rings. The van der Waals surface area contributed by atoms with E-state index in [4.69, 9.17) is 5.11 Å². The van der Waals surface area contributed by atoms with Crippen LogP contribution in [-0.2, 0) is 4.79 Å². The number of carbonyl (C=O) groups is 2. The van der Waals surface area contributed by atoms with E-state index in [1.54, 1.807) is 0 Å². The summed E-state index contributed by atoms with van der Waals surface area (Å²) in [6, 6.07) is -0.0104. The third kappa shape index (κ3) is 6.75. The number of aliphatic carboxylic acids is 1. The van der Waals surface area contributed by atoms with Crippen LogP contribution in [0.1, 0.15) is 32.1 Å². The summed E-state index contributed by atoms with van der Waals surface area (Å²) in [7, 11) is 4.03. The molecule has 6 heteroatoms. The van der Waals surface area contributed by atoms with Gasteiger partial charge >= 0.3 is 12.0 Å². The second-order valence-corrected chi connectivity index (χ2v) is 5.78. The van der Waals surface area contributed by atoms with E-state index < -0.39 is 5.97 Å². The monoisotopic (exact) mass is 285 g/mol. The summed E-state index contributed by atoms with van der Waals surface area (Å²) in [6.45, 7) is 3.12. The Morgan fingerprint density at radius 1 is 1.40 bits per heavy atom. The molecule has 1 heterocycles. The summed E-state index contributed by atoms with van der Waals surface area (Å²) in [5, 5.41) is 11.6. The van der Waals surface area contributed by atoms with E-state index in [-0.39, 0.29) is 12.5 Å². The highest BCUT2D eigenvalue weighted by Gasteiger charge is 2.23. The fourth-order valence-corrected chi connectivity index (χ4v) is 2.52. The molecule has 2 amide bonds. The first-order valence-corrected chi connectivity index (χ1v) is 7.38. The van der Waals surface area contributed by atoms with Crippen molar-refractivity contribution in [1.82, 2.24) is 15.1 Å². The maximum Gasteiger partial charge on any atom is 0.317 e. The van der Waals surface area contributed by atoms with Gasteiger partial charge in [-0.1, -0.05) is 0 Å². The molecule has 1 rings (SSSR count). The van der Waals surface area contributed by atoms with Crippen molar-refractivity contribution in [2.45, 2.75) is 32.1 Å². The van der Waals surface area contributed by atoms with Gasteiger partial charge in [-0.2, -0.15) is 0 Å². The Balaban J connectivity index is 2.23. The van der Waals surface area contributed by atoms with Crippen molar-refractivity contribution in [3.8, 4) is 0 Å². The Hall–Kier alpha value is -1.30. The quantitative estimate of drug-likeness (QED) is 0.690. The van der Waals surface area contributed by atoms with Gasteiger partial charge in [-0.05, 0) is 52.2 Å². The van der Waals surface area contributed by atoms with Crippen molar-refractivity contribution in [2.24, 2.45) is 5.92 Å². The minimum absolute atomic E-state index is 0.0104. The fraction of sp³-hybridized carbons (Fsp3) is 0.857. The molecule has 20 heavy (non-hydrogen) atoms. The van der Waals surface area contributed by atoms with Crippen molar-refractivity contribution in [2.75, 3.05) is 40.3 Å². The van der Waals surface area contributed by atoms with E-state index in [0.717, 1.165) is 32.4 Å². The average molecular weight is 285 g/mol. The number of amides is 2. The van der Waals surface area contributed by atoms with Gasteiger partial charge in [0.1, 0.15) is 0 Å². The summed E-state index contributed by atoms with van der Waals surface area (Å²) < 4.78 is 0. The number of carboxylic acid groups (broad SMARTS) is 1. The minimum atomic E-state index is -0.754. The van der Waals surface area contributed by atoms with Crippen LogP contribution >= 0.6 is 0 Å². The second-order valence-electron chi connectivity index (χ2n) is 5.78. The average Bonchev–Trinajstić information content (AvgIpc) is 2.41. The highest BCUT2D eigenvalue weighted by Crippen LogP contribution is 2.20. The molecule has 1 unspecified atom stereocenters. The molecule has 1 aliphatic rings. The van der Waals surface area contributed by atoms with Gasteiger partial charge in [0, 0.05) is 26.1 Å². The van der Waals surface area contributed by atoms with Gasteiger partial charge in [0.25, 0.3) is 0 Å². The highest BCUT2D eigenvalue weighted by atomic mass is 16.4. The number of hydrogen-bond acceptors (Lipinski definition) is 3. The number of likely N-dealkylation sites (tertiary alicyclic amines) is 1. The molecule has 2 N–H and O–H groups in total. The number of carbonyl (C=O) groups excluding carboxylic acids is 1. The zero-order valence-corrected chi connectivity index (χ0v) is 12.6. The number of piperidine rings is 1. The fourth-order valence-electron chi connectivity index (χ4n) is 2.52. The molecule has 1 fully saturated rings. The Kier molecular flexibility index (Phi) is 7.36. The van der Waals surface area contributed by atoms with Crippen molar-refractivity contribution in [3.63, 3.8) is 0 Å². The van der Waals surface area contributed by atoms with Crippen LogP contribution in [0.2, 0.25) is 0 Å². The van der Waals surface area contributed by atoms with E-state index in [2.05, 4.69) is 10.2 Å². The van der Waals surface area contributed by atoms with Gasteiger partial charge in [-0.25, -0.2) is 4.79 Å². The molecular formula is C14H27N3O3. The summed E-state index contributed by atoms with van der Waals surface area (Å²) in [6.07, 6.45) is 3.80. The summed E-state index contributed by atoms with van der Waals surface area (Å²) >= 11 is 0. The van der Waals surface area contributed by atoms with Crippen molar-refractivity contribution in [1.29, 1.82) is 0 Å². The predicted octanol–water partition coefficient (Wildman–Crippen LogP) is 1.22. The Morgan fingerprint density at radius 2 is 2.15 bits per heavy atom. The van der Waals surface area contributed by atoms with Crippen LogP contribution in [0, 0.1) is 5.92 Å². The molecule has 0 spiro atoms. The maximum atomic E-state index is 12.0. The van der Waals surface area contributed by atoms with Gasteiger partial charge in [-0.15, -0.1) is 0 Å². The van der Waals surface area contributed by atoms with E-state index in [1.807, 2.05) is 19.0 Å². The van der Waals surface area contributed by atoms with Crippen LogP contribution < -0.4 is 5.32 Å². The van der Waals surface area contributed by atoms with Crippen LogP contribution in [0.25, 0.3) is 0 Å². The standard InChI is InChI=1S/C14H27N3O3/c1-16(2)9-4-8-15-14(20)17-10-3-5-12(11-17)6-7-13(18)19/h12H,3-11H2,1-2H3,(H,15,20)(H,18,19). The molecule has 1 aliphatic heterocycles. The number of hydrogen-bond donors (Lipinski definition) is 2. The normalized spacial score (nSPS) is 19.1. The van der Waals surface area contributed by atoms with Crippen LogP contribution in [-0.4, -0.2) is 67.2 Å². The molecule has 0 aromatic heterocycles. The number of nitrogens with one attached hydrogen (secondary N) is 1. The van der Waals surface area contributed by atoms with Gasteiger partial charge in [0.05, 0.1) is 0 Å². The molecule has 0 bridgehead atoms. The topological polar surface area (TPSA) is 72.9 Å². The zero-order valence-electron chi connectivity index (χ0n) is 12.6. The first-order valence-electron chi connectivity index (χ1n) is 7.38. The first kappa shape index (κ1) is 16.8. The molecule has 0 saturated carbocycles. The number of rotatable bonds is 7.